The van der Waals surface area contributed by atoms with Crippen LogP contribution in [0.4, 0.5) is 5.82 Å². The van der Waals surface area contributed by atoms with Crippen molar-refractivity contribution in [2.75, 3.05) is 12.4 Å². The molecule has 0 fully saturated rings. The molecule has 0 saturated heterocycles. The Bertz CT molecular complexity index is 482. The zero-order valence-corrected chi connectivity index (χ0v) is 10.1. The average molecular weight is 228 g/mol. The van der Waals surface area contributed by atoms with Crippen molar-refractivity contribution in [3.63, 3.8) is 0 Å². The van der Waals surface area contributed by atoms with Crippen molar-refractivity contribution in [3.8, 4) is 11.4 Å². The van der Waals surface area contributed by atoms with Gasteiger partial charge in [0.15, 0.2) is 0 Å². The van der Waals surface area contributed by atoms with E-state index in [1.807, 2.05) is 31.3 Å². The lowest BCUT2D eigenvalue weighted by Gasteiger charge is -2.06. The van der Waals surface area contributed by atoms with Gasteiger partial charge in [0.05, 0.1) is 11.4 Å². The summed E-state index contributed by atoms with van der Waals surface area (Å²) in [6.07, 6.45) is 3.69. The quantitative estimate of drug-likeness (QED) is 0.873. The Balaban J connectivity index is 2.43. The van der Waals surface area contributed by atoms with Gasteiger partial charge >= 0.3 is 0 Å². The van der Waals surface area contributed by atoms with E-state index in [4.69, 9.17) is 0 Å². The molecule has 0 radical (unpaired) electrons. The molecule has 0 atom stereocenters. The van der Waals surface area contributed by atoms with Crippen LogP contribution in [0.1, 0.15) is 19.2 Å². The molecule has 4 nitrogen and oxygen atoms in total. The van der Waals surface area contributed by atoms with Crippen LogP contribution in [0.3, 0.4) is 0 Å². The van der Waals surface area contributed by atoms with Crippen LogP contribution in [0.2, 0.25) is 0 Å². The second-order valence-electron chi connectivity index (χ2n) is 3.77. The predicted octanol–water partition coefficient (Wildman–Crippen LogP) is 2.53. The molecular formula is C13H16N4. The first-order valence-electron chi connectivity index (χ1n) is 5.80. The largest absolute Gasteiger partial charge is 0.373 e. The van der Waals surface area contributed by atoms with Gasteiger partial charge in [0, 0.05) is 25.7 Å². The summed E-state index contributed by atoms with van der Waals surface area (Å²) in [5, 5.41) is 3.06. The fourth-order valence-electron chi connectivity index (χ4n) is 1.61. The number of nitrogens with one attached hydrogen (secondary N) is 1. The van der Waals surface area contributed by atoms with Crippen molar-refractivity contribution in [3.05, 3.63) is 36.3 Å². The fraction of sp³-hybridized carbons (Fsp3) is 0.308. The molecule has 0 bridgehead atoms. The van der Waals surface area contributed by atoms with Gasteiger partial charge < -0.3 is 5.32 Å². The molecule has 2 aromatic heterocycles. The molecular weight excluding hydrogens is 212 g/mol. The summed E-state index contributed by atoms with van der Waals surface area (Å²) in [4.78, 5) is 13.3. The maximum Gasteiger partial charge on any atom is 0.131 e. The smallest absolute Gasteiger partial charge is 0.131 e. The van der Waals surface area contributed by atoms with Crippen LogP contribution in [0, 0.1) is 0 Å². The zero-order chi connectivity index (χ0) is 12.1. The molecule has 0 amide bonds. The first kappa shape index (κ1) is 11.5. The highest BCUT2D eigenvalue weighted by Gasteiger charge is 2.05. The van der Waals surface area contributed by atoms with Crippen LogP contribution in [0.25, 0.3) is 11.4 Å². The monoisotopic (exact) mass is 228 g/mol. The van der Waals surface area contributed by atoms with Crippen molar-refractivity contribution < 1.29 is 0 Å². The Hall–Kier alpha value is -1.97. The number of nitrogens with zero attached hydrogens (tertiary/aromatic N) is 3. The molecule has 0 spiro atoms. The number of anilines is 1. The number of aromatic nitrogens is 3. The molecule has 0 saturated carbocycles. The van der Waals surface area contributed by atoms with Gasteiger partial charge in [-0.25, -0.2) is 9.97 Å². The highest BCUT2D eigenvalue weighted by molar-refractivity contribution is 5.58. The Morgan fingerprint density at radius 1 is 1.18 bits per heavy atom. The van der Waals surface area contributed by atoms with Gasteiger partial charge in [-0.1, -0.05) is 13.0 Å². The van der Waals surface area contributed by atoms with Crippen molar-refractivity contribution in [1.29, 1.82) is 0 Å². The third kappa shape index (κ3) is 2.78. The van der Waals surface area contributed by atoms with Crippen LogP contribution < -0.4 is 5.32 Å². The zero-order valence-electron chi connectivity index (χ0n) is 10.1. The van der Waals surface area contributed by atoms with E-state index >= 15 is 0 Å². The van der Waals surface area contributed by atoms with E-state index in [1.54, 1.807) is 6.20 Å². The number of aryl methyl sites for hydroxylation is 1. The fourth-order valence-corrected chi connectivity index (χ4v) is 1.61. The number of pyridine rings is 1. The van der Waals surface area contributed by atoms with Gasteiger partial charge in [0.1, 0.15) is 11.6 Å². The topological polar surface area (TPSA) is 50.7 Å². The first-order chi connectivity index (χ1) is 8.33. The highest BCUT2D eigenvalue weighted by atomic mass is 15.0. The third-order valence-electron chi connectivity index (χ3n) is 2.43. The van der Waals surface area contributed by atoms with Gasteiger partial charge in [0.25, 0.3) is 0 Å². The molecule has 2 aromatic rings. The molecule has 0 aromatic carbocycles. The molecule has 2 rings (SSSR count). The maximum atomic E-state index is 4.53. The molecule has 88 valence electrons. The van der Waals surface area contributed by atoms with Crippen LogP contribution in [0.5, 0.6) is 0 Å². The van der Waals surface area contributed by atoms with Gasteiger partial charge in [-0.15, -0.1) is 0 Å². The van der Waals surface area contributed by atoms with Crippen LogP contribution in [0.15, 0.2) is 30.5 Å². The highest BCUT2D eigenvalue weighted by Crippen LogP contribution is 2.17. The second-order valence-corrected chi connectivity index (χ2v) is 3.77. The number of hydrogen-bond donors (Lipinski definition) is 1. The lowest BCUT2D eigenvalue weighted by Crippen LogP contribution is -2.02. The van der Waals surface area contributed by atoms with Crippen molar-refractivity contribution in [2.24, 2.45) is 0 Å². The Morgan fingerprint density at radius 3 is 2.71 bits per heavy atom. The predicted molar refractivity (Wildman–Crippen MR) is 68.8 cm³/mol. The summed E-state index contributed by atoms with van der Waals surface area (Å²) in [7, 11) is 1.86. The molecule has 1 N–H and O–H groups in total. The third-order valence-corrected chi connectivity index (χ3v) is 2.43. The summed E-state index contributed by atoms with van der Waals surface area (Å²) in [6, 6.07) is 7.73. The van der Waals surface area contributed by atoms with Crippen LogP contribution >= 0.6 is 0 Å². The van der Waals surface area contributed by atoms with E-state index < -0.39 is 0 Å². The van der Waals surface area contributed by atoms with E-state index in [2.05, 4.69) is 27.2 Å². The van der Waals surface area contributed by atoms with E-state index in [-0.39, 0.29) is 0 Å². The molecule has 4 heteroatoms. The van der Waals surface area contributed by atoms with Crippen molar-refractivity contribution in [1.82, 2.24) is 15.0 Å². The first-order valence-corrected chi connectivity index (χ1v) is 5.80. The Kier molecular flexibility index (Phi) is 3.65. The van der Waals surface area contributed by atoms with E-state index in [0.29, 0.717) is 0 Å². The lowest BCUT2D eigenvalue weighted by molar-refractivity contribution is 0.837. The molecule has 0 unspecified atom stereocenters. The molecule has 0 aliphatic heterocycles. The normalized spacial score (nSPS) is 10.2. The van der Waals surface area contributed by atoms with Gasteiger partial charge in [0.2, 0.25) is 0 Å². The van der Waals surface area contributed by atoms with Crippen LogP contribution in [-0.2, 0) is 6.42 Å². The summed E-state index contributed by atoms with van der Waals surface area (Å²) < 4.78 is 0. The molecule has 17 heavy (non-hydrogen) atoms. The number of rotatable bonds is 4. The summed E-state index contributed by atoms with van der Waals surface area (Å²) in [6.45, 7) is 2.12. The molecule has 0 aliphatic carbocycles. The Labute approximate surface area is 101 Å². The summed E-state index contributed by atoms with van der Waals surface area (Å²) in [5.41, 5.74) is 1.75. The van der Waals surface area contributed by atoms with Crippen LogP contribution in [-0.4, -0.2) is 22.0 Å². The van der Waals surface area contributed by atoms with Gasteiger partial charge in [-0.2, -0.15) is 0 Å². The van der Waals surface area contributed by atoms with Gasteiger partial charge in [-0.05, 0) is 18.6 Å². The van der Waals surface area contributed by atoms with E-state index in [9.17, 15) is 0 Å². The minimum atomic E-state index is 0.837. The molecule has 2 heterocycles. The minimum Gasteiger partial charge on any atom is -0.373 e. The van der Waals surface area contributed by atoms with Crippen molar-refractivity contribution in [2.45, 2.75) is 19.8 Å². The second kappa shape index (κ2) is 5.39. The van der Waals surface area contributed by atoms with E-state index in [0.717, 1.165) is 35.9 Å². The average Bonchev–Trinajstić information content (AvgIpc) is 2.40. The number of hydrogen-bond acceptors (Lipinski definition) is 4. The van der Waals surface area contributed by atoms with Gasteiger partial charge in [-0.3, -0.25) is 4.98 Å². The maximum absolute atomic E-state index is 4.53. The SMILES string of the molecule is CCCc1nc(NC)cc(-c2ccccn2)n1. The minimum absolute atomic E-state index is 0.837. The Morgan fingerprint density at radius 2 is 2.06 bits per heavy atom. The molecule has 0 aliphatic rings. The summed E-state index contributed by atoms with van der Waals surface area (Å²) in [5.74, 6) is 1.70. The summed E-state index contributed by atoms with van der Waals surface area (Å²) >= 11 is 0. The van der Waals surface area contributed by atoms with E-state index in [1.165, 1.54) is 0 Å². The lowest BCUT2D eigenvalue weighted by atomic mass is 10.2. The standard InChI is InChI=1S/C13H16N4/c1-3-6-12-16-11(9-13(14-2)17-12)10-7-4-5-8-15-10/h4-5,7-9H,3,6H2,1-2H3,(H,14,16,17). The van der Waals surface area contributed by atoms with Crippen molar-refractivity contribution >= 4 is 5.82 Å².